The lowest BCUT2D eigenvalue weighted by atomic mass is 10.4. The van der Waals surface area contributed by atoms with E-state index in [2.05, 4.69) is 32.4 Å². The van der Waals surface area contributed by atoms with Gasteiger partial charge in [-0.3, -0.25) is 9.05 Å². The van der Waals surface area contributed by atoms with Crippen molar-refractivity contribution in [1.29, 1.82) is 0 Å². The molecule has 0 amide bonds. The number of imidazole rings is 1. The fourth-order valence-corrected chi connectivity index (χ4v) is 7.67. The summed E-state index contributed by atoms with van der Waals surface area (Å²) in [5.41, 5.74) is 0. The monoisotopic (exact) mass is 614 g/mol. The summed E-state index contributed by atoms with van der Waals surface area (Å²) in [6.07, 6.45) is 22.1. The van der Waals surface area contributed by atoms with Gasteiger partial charge >= 0.3 is 7.82 Å². The summed E-state index contributed by atoms with van der Waals surface area (Å²) in [7, 11) is -2.33. The van der Waals surface area contributed by atoms with Crippen molar-refractivity contribution in [3.8, 4) is 0 Å². The molecule has 0 aliphatic carbocycles. The minimum Gasteiger partial charge on any atom is -1.00 e. The topological polar surface area (TPSA) is 73.6 Å². The zero-order valence-electron chi connectivity index (χ0n) is 24.3. The van der Waals surface area contributed by atoms with E-state index in [-0.39, 0.29) is 47.9 Å². The van der Waals surface area contributed by atoms with Gasteiger partial charge in [0.25, 0.3) is 0 Å². The van der Waals surface area contributed by atoms with Crippen molar-refractivity contribution in [1.82, 2.24) is 9.55 Å². The molecule has 1 atom stereocenters. The van der Waals surface area contributed by atoms with E-state index >= 15 is 0 Å². The minimum atomic E-state index is -3.75. The summed E-state index contributed by atoms with van der Waals surface area (Å²) in [5.74, 6) is 0. The molecule has 1 N–H and O–H groups in total. The summed E-state index contributed by atoms with van der Waals surface area (Å²) in [5, 5.41) is 0. The minimum absolute atomic E-state index is 0. The van der Waals surface area contributed by atoms with Gasteiger partial charge in [-0.05, 0) is 32.1 Å². The molecule has 0 radical (unpaired) electrons. The van der Waals surface area contributed by atoms with Gasteiger partial charge in [0.05, 0.1) is 38.0 Å². The van der Waals surface area contributed by atoms with E-state index in [0.717, 1.165) is 25.7 Å². The number of phosphoric ester groups is 1. The summed E-state index contributed by atoms with van der Waals surface area (Å²) in [6.45, 7) is 14.1. The van der Waals surface area contributed by atoms with Gasteiger partial charge in [0.2, 0.25) is 0 Å². The summed E-state index contributed by atoms with van der Waals surface area (Å²) >= 11 is 0. The summed E-state index contributed by atoms with van der Waals surface area (Å²) < 4.78 is 22.4. The molecule has 1 heterocycles. The summed E-state index contributed by atoms with van der Waals surface area (Å²) in [4.78, 5) is 12.9. The molecule has 0 aromatic carbocycles. The highest BCUT2D eigenvalue weighted by atomic mass is 35.5. The number of halogens is 2. The fourth-order valence-electron chi connectivity index (χ4n) is 2.97. The highest BCUT2D eigenvalue weighted by Gasteiger charge is 2.28. The fraction of sp³-hybridized carbons (Fsp3) is 0.880. The lowest BCUT2D eigenvalue weighted by molar-refractivity contribution is -0.0000175. The molecule has 1 rings (SSSR count). The number of aromatic nitrogens is 2. The second-order valence-corrected chi connectivity index (χ2v) is 15.0. The van der Waals surface area contributed by atoms with Gasteiger partial charge in [0.15, 0.2) is 0 Å². The Morgan fingerprint density at radius 1 is 0.833 bits per heavy atom. The third-order valence-electron chi connectivity index (χ3n) is 5.30. The van der Waals surface area contributed by atoms with Crippen LogP contribution in [0.15, 0.2) is 18.7 Å². The Hall–Kier alpha value is 0.760. The maximum atomic E-state index is 11.1. The molecular weight excluding hydrogens is 556 g/mol. The molecule has 0 aliphatic rings. The average Bonchev–Trinajstić information content (AvgIpc) is 3.27. The van der Waals surface area contributed by atoms with Gasteiger partial charge in [-0.25, -0.2) is 9.55 Å². The van der Waals surface area contributed by atoms with Crippen LogP contribution >= 0.6 is 37.4 Å². The Bertz CT molecular complexity index is 536. The van der Waals surface area contributed by atoms with Gasteiger partial charge in [-0.2, -0.15) is 9.90 Å². The number of aryl methyl sites for hydroxylation is 1. The zero-order valence-corrected chi connectivity index (χ0v) is 29.1. The Balaban J connectivity index is -0.000000136. The van der Waals surface area contributed by atoms with Gasteiger partial charge in [0, 0.05) is 33.4 Å². The maximum Gasteiger partial charge on any atom is 0.472 e. The molecule has 0 aliphatic heterocycles. The van der Waals surface area contributed by atoms with E-state index in [1.54, 1.807) is 31.0 Å². The largest absolute Gasteiger partial charge is 1.00 e. The standard InChI is InChI=1S/C13H30P.C8H19O4P.C4H6N2.2ClH.H3P/c1-5-8-11-14(4,12-9-6-2)13-10-7-3;1-3-5-7-11-13(9,10)12-8-6-4-2;1-6-3-2-5-4-6;;;/h5-13H2,1-4H3;3-8H2,1-2H3,(H,9,10);2-4H,1H3;2*1H;1H3/q+1;;;;;/p-1. The van der Waals surface area contributed by atoms with Crippen LogP contribution in [0.5, 0.6) is 0 Å². The van der Waals surface area contributed by atoms with Crippen molar-refractivity contribution in [2.75, 3.05) is 38.4 Å². The van der Waals surface area contributed by atoms with Crippen LogP contribution in [-0.2, 0) is 20.7 Å². The Labute approximate surface area is 240 Å². The van der Waals surface area contributed by atoms with Crippen LogP contribution in [0.4, 0.5) is 0 Å². The molecule has 222 valence electrons. The molecule has 0 saturated heterocycles. The van der Waals surface area contributed by atoms with E-state index in [0.29, 0.717) is 0 Å². The number of unbranched alkanes of at least 4 members (excludes halogenated alkanes) is 5. The van der Waals surface area contributed by atoms with Crippen molar-refractivity contribution >= 4 is 37.4 Å². The number of hydrogen-bond donors (Lipinski definition) is 1. The number of rotatable bonds is 17. The molecule has 1 aromatic rings. The van der Waals surface area contributed by atoms with Gasteiger partial charge in [-0.1, -0.05) is 66.7 Å². The van der Waals surface area contributed by atoms with E-state index in [9.17, 15) is 4.57 Å². The number of phosphoric acid groups is 1. The van der Waals surface area contributed by atoms with Gasteiger partial charge < -0.3 is 21.9 Å². The van der Waals surface area contributed by atoms with E-state index in [4.69, 9.17) is 13.9 Å². The molecule has 0 fully saturated rings. The van der Waals surface area contributed by atoms with Crippen LogP contribution in [0.1, 0.15) is 98.8 Å². The highest BCUT2D eigenvalue weighted by Crippen LogP contribution is 2.57. The first kappa shape index (κ1) is 46.6. The van der Waals surface area contributed by atoms with E-state index in [1.165, 1.54) is 38.5 Å². The number of nitrogens with zero attached hydrogens (tertiary/aromatic N) is 2. The molecule has 6 nitrogen and oxygen atoms in total. The molecule has 11 heteroatoms. The third-order valence-corrected chi connectivity index (χ3v) is 10.5. The van der Waals surface area contributed by atoms with Crippen molar-refractivity contribution < 1.29 is 30.9 Å². The van der Waals surface area contributed by atoms with Gasteiger partial charge in [0.1, 0.15) is 0 Å². The molecule has 1 unspecified atom stereocenters. The molecule has 0 spiro atoms. The first-order valence-electron chi connectivity index (χ1n) is 13.1. The normalized spacial score (nSPS) is 10.4. The molecule has 0 saturated carbocycles. The van der Waals surface area contributed by atoms with Crippen LogP contribution in [0.25, 0.3) is 0 Å². The number of hydrogen-bond acceptors (Lipinski definition) is 4. The van der Waals surface area contributed by atoms with Crippen LogP contribution in [0.3, 0.4) is 0 Å². The van der Waals surface area contributed by atoms with Gasteiger partial charge in [-0.15, -0.1) is 12.4 Å². The zero-order chi connectivity index (χ0) is 25.4. The predicted molar refractivity (Wildman–Crippen MR) is 165 cm³/mol. The smallest absolute Gasteiger partial charge is 0.472 e. The lowest BCUT2D eigenvalue weighted by Gasteiger charge is -2.22. The first-order valence-corrected chi connectivity index (χ1v) is 17.4. The highest BCUT2D eigenvalue weighted by molar-refractivity contribution is 7.75. The molecule has 36 heavy (non-hydrogen) atoms. The first-order chi connectivity index (χ1) is 15.7. The molecular formula is C25H59Cl2N2O4P3. The van der Waals surface area contributed by atoms with Crippen LogP contribution in [-0.4, -0.2) is 52.8 Å². The lowest BCUT2D eigenvalue weighted by Crippen LogP contribution is -3.00. The second-order valence-electron chi connectivity index (χ2n) is 8.92. The molecule has 1 aromatic heterocycles. The Morgan fingerprint density at radius 3 is 1.42 bits per heavy atom. The van der Waals surface area contributed by atoms with Crippen molar-refractivity contribution in [3.05, 3.63) is 18.7 Å². The summed E-state index contributed by atoms with van der Waals surface area (Å²) in [6, 6.07) is 0. The van der Waals surface area contributed by atoms with Crippen LogP contribution in [0.2, 0.25) is 0 Å². The quantitative estimate of drug-likeness (QED) is 0.181. The third kappa shape index (κ3) is 32.8. The maximum absolute atomic E-state index is 11.1. The molecule has 0 bridgehead atoms. The van der Waals surface area contributed by atoms with Crippen LogP contribution in [0, 0.1) is 0 Å². The second kappa shape index (κ2) is 32.0. The Morgan fingerprint density at radius 2 is 1.19 bits per heavy atom. The predicted octanol–water partition coefficient (Wildman–Crippen LogP) is 5.66. The van der Waals surface area contributed by atoms with Crippen molar-refractivity contribution in [2.45, 2.75) is 98.8 Å². The average molecular weight is 616 g/mol. The van der Waals surface area contributed by atoms with E-state index in [1.807, 2.05) is 31.7 Å². The SMILES string of the molecule is CCCCOP(=O)(O)OCCCC.CCCC[P+](C)(CCCC)CCCC.Cl.Cn1ccnc1.P.[Cl-]. The Kier molecular flexibility index (Phi) is 41.4. The van der Waals surface area contributed by atoms with Crippen molar-refractivity contribution in [3.63, 3.8) is 0 Å². The van der Waals surface area contributed by atoms with Crippen LogP contribution < -0.4 is 12.4 Å². The van der Waals surface area contributed by atoms with E-state index < -0.39 is 15.1 Å². The van der Waals surface area contributed by atoms with Crippen molar-refractivity contribution in [2.24, 2.45) is 7.05 Å².